The van der Waals surface area contributed by atoms with Gasteiger partial charge in [0.15, 0.2) is 0 Å². The summed E-state index contributed by atoms with van der Waals surface area (Å²) < 4.78 is 0.393. The minimum atomic E-state index is -0.690. The summed E-state index contributed by atoms with van der Waals surface area (Å²) in [6.07, 6.45) is 1.80. The third-order valence-electron chi connectivity index (χ3n) is 3.97. The zero-order chi connectivity index (χ0) is 18.7. The minimum absolute atomic E-state index is 0.240. The van der Waals surface area contributed by atoms with Crippen molar-refractivity contribution in [2.75, 3.05) is 5.32 Å². The van der Waals surface area contributed by atoms with Gasteiger partial charge in [-0.3, -0.25) is 14.5 Å². The van der Waals surface area contributed by atoms with Gasteiger partial charge < -0.3 is 5.32 Å². The van der Waals surface area contributed by atoms with Crippen molar-refractivity contribution in [2.45, 2.75) is 19.9 Å². The average Bonchev–Trinajstić information content (AvgIpc) is 2.89. The first-order valence-corrected chi connectivity index (χ1v) is 9.38. The molecule has 0 aliphatic carbocycles. The molecule has 1 saturated heterocycles. The number of hydrogen-bond acceptors (Lipinski definition) is 4. The highest BCUT2D eigenvalue weighted by atomic mass is 32.2. The molecule has 2 aromatic rings. The Labute approximate surface area is 162 Å². The van der Waals surface area contributed by atoms with Gasteiger partial charge in [-0.15, -0.1) is 0 Å². The molecule has 1 unspecified atom stereocenters. The normalized spacial score (nSPS) is 16.8. The van der Waals surface area contributed by atoms with E-state index in [1.807, 2.05) is 61.5 Å². The fourth-order valence-corrected chi connectivity index (χ4v) is 4.02. The van der Waals surface area contributed by atoms with Gasteiger partial charge in [-0.1, -0.05) is 66.4 Å². The van der Waals surface area contributed by atoms with Crippen LogP contribution in [0.25, 0.3) is 6.08 Å². The fourth-order valence-electron chi connectivity index (χ4n) is 2.60. The van der Waals surface area contributed by atoms with E-state index in [2.05, 4.69) is 5.32 Å². The van der Waals surface area contributed by atoms with Crippen LogP contribution >= 0.6 is 24.0 Å². The predicted octanol–water partition coefficient (Wildman–Crippen LogP) is 4.22. The lowest BCUT2D eigenvalue weighted by Crippen LogP contribution is -2.44. The molecule has 0 spiro atoms. The van der Waals surface area contributed by atoms with Crippen LogP contribution in [0.5, 0.6) is 0 Å². The molecule has 2 amide bonds. The van der Waals surface area contributed by atoms with Crippen molar-refractivity contribution in [3.8, 4) is 0 Å². The lowest BCUT2D eigenvalue weighted by molar-refractivity contribution is -0.129. The summed E-state index contributed by atoms with van der Waals surface area (Å²) in [5, 5.41) is 2.84. The number of nitrogens with zero attached hydrogens (tertiary/aromatic N) is 1. The van der Waals surface area contributed by atoms with Gasteiger partial charge in [0, 0.05) is 5.69 Å². The quantitative estimate of drug-likeness (QED) is 0.635. The summed E-state index contributed by atoms with van der Waals surface area (Å²) in [6, 6.07) is 16.4. The number of rotatable bonds is 4. The highest BCUT2D eigenvalue weighted by Crippen LogP contribution is 2.34. The van der Waals surface area contributed by atoms with E-state index < -0.39 is 6.04 Å². The van der Waals surface area contributed by atoms with E-state index in [9.17, 15) is 9.59 Å². The molecule has 3 rings (SSSR count). The van der Waals surface area contributed by atoms with Gasteiger partial charge >= 0.3 is 0 Å². The van der Waals surface area contributed by atoms with E-state index in [-0.39, 0.29) is 11.8 Å². The van der Waals surface area contributed by atoms with Crippen molar-refractivity contribution in [1.82, 2.24) is 4.90 Å². The number of nitrogens with one attached hydrogen (secondary N) is 1. The summed E-state index contributed by atoms with van der Waals surface area (Å²) in [5.41, 5.74) is 2.67. The third kappa shape index (κ3) is 4.03. The first-order chi connectivity index (χ1) is 12.5. The third-order valence-corrected chi connectivity index (χ3v) is 5.30. The van der Waals surface area contributed by atoms with E-state index in [0.717, 1.165) is 11.1 Å². The van der Waals surface area contributed by atoms with Gasteiger partial charge in [-0.2, -0.15) is 0 Å². The maximum absolute atomic E-state index is 12.7. The van der Waals surface area contributed by atoms with E-state index in [1.165, 1.54) is 16.7 Å². The van der Waals surface area contributed by atoms with Crippen LogP contribution in [0.3, 0.4) is 0 Å². The second-order valence-corrected chi connectivity index (χ2v) is 7.67. The number of carbonyl (C=O) groups excluding carboxylic acids is 2. The van der Waals surface area contributed by atoms with Crippen molar-refractivity contribution in [3.05, 3.63) is 70.6 Å². The zero-order valence-corrected chi connectivity index (χ0v) is 16.1. The number of thioether (sulfide) groups is 1. The summed E-state index contributed by atoms with van der Waals surface area (Å²) in [4.78, 5) is 27.2. The molecule has 2 aromatic carbocycles. The first-order valence-electron chi connectivity index (χ1n) is 8.15. The molecular formula is C20H18N2O2S2. The zero-order valence-electron chi connectivity index (χ0n) is 14.4. The van der Waals surface area contributed by atoms with E-state index in [1.54, 1.807) is 13.0 Å². The molecule has 6 heteroatoms. The Balaban J connectivity index is 1.75. The number of thiocarbonyl (C=S) groups is 1. The summed E-state index contributed by atoms with van der Waals surface area (Å²) in [6.45, 7) is 3.64. The molecule has 1 fully saturated rings. The molecule has 0 aromatic heterocycles. The Kier molecular flexibility index (Phi) is 5.54. The Bertz CT molecular complexity index is 894. The molecule has 1 aliphatic rings. The molecule has 0 saturated carbocycles. The molecule has 1 aliphatic heterocycles. The van der Waals surface area contributed by atoms with Gasteiger partial charge in [0.25, 0.3) is 5.91 Å². The highest BCUT2D eigenvalue weighted by molar-refractivity contribution is 8.26. The molecule has 26 heavy (non-hydrogen) atoms. The second kappa shape index (κ2) is 7.85. The lowest BCUT2D eigenvalue weighted by atomic mass is 10.2. The van der Waals surface area contributed by atoms with Gasteiger partial charge in [0.1, 0.15) is 10.4 Å². The van der Waals surface area contributed by atoms with Crippen LogP contribution in [0.1, 0.15) is 18.1 Å². The van der Waals surface area contributed by atoms with Crippen molar-refractivity contribution in [2.24, 2.45) is 0 Å². The number of carbonyl (C=O) groups is 2. The maximum Gasteiger partial charge on any atom is 0.266 e. The van der Waals surface area contributed by atoms with Crippen molar-refractivity contribution in [1.29, 1.82) is 0 Å². The maximum atomic E-state index is 12.7. The number of benzene rings is 2. The highest BCUT2D eigenvalue weighted by Gasteiger charge is 2.38. The standard InChI is InChI=1S/C20H18N2O2S2/c1-13-7-6-10-16(11-13)21-18(23)14(2)22-19(24)17(26-20(22)25)12-15-8-4-3-5-9-15/h3-12,14H,1-2H3,(H,21,23)/b17-12-. The van der Waals surface area contributed by atoms with Crippen LogP contribution in [0, 0.1) is 6.92 Å². The summed E-state index contributed by atoms with van der Waals surface area (Å²) in [7, 11) is 0. The summed E-state index contributed by atoms with van der Waals surface area (Å²) in [5.74, 6) is -0.511. The molecule has 0 bridgehead atoms. The van der Waals surface area contributed by atoms with Gasteiger partial charge in [0.05, 0.1) is 4.91 Å². The first kappa shape index (κ1) is 18.4. The monoisotopic (exact) mass is 382 g/mol. The predicted molar refractivity (Wildman–Crippen MR) is 111 cm³/mol. The Hall–Kier alpha value is -2.44. The van der Waals surface area contributed by atoms with Crippen molar-refractivity contribution in [3.63, 3.8) is 0 Å². The fraction of sp³-hybridized carbons (Fsp3) is 0.150. The molecule has 1 heterocycles. The van der Waals surface area contributed by atoms with Gasteiger partial charge in [0.2, 0.25) is 5.91 Å². The topological polar surface area (TPSA) is 49.4 Å². The van der Waals surface area contributed by atoms with Crippen molar-refractivity contribution >= 4 is 51.9 Å². The molecule has 1 N–H and O–H groups in total. The Morgan fingerprint density at radius 2 is 1.92 bits per heavy atom. The summed E-state index contributed by atoms with van der Waals surface area (Å²) >= 11 is 6.56. The smallest absolute Gasteiger partial charge is 0.266 e. The lowest BCUT2D eigenvalue weighted by Gasteiger charge is -2.22. The van der Waals surface area contributed by atoms with Gasteiger partial charge in [-0.05, 0) is 43.2 Å². The Morgan fingerprint density at radius 1 is 1.19 bits per heavy atom. The molecule has 0 radical (unpaired) electrons. The van der Waals surface area contributed by atoms with Crippen LogP contribution in [0.4, 0.5) is 5.69 Å². The SMILES string of the molecule is Cc1cccc(NC(=O)C(C)N2C(=O)/C(=C/c3ccccc3)SC2=S)c1. The van der Waals surface area contributed by atoms with Crippen LogP contribution in [-0.2, 0) is 9.59 Å². The second-order valence-electron chi connectivity index (χ2n) is 6.00. The largest absolute Gasteiger partial charge is 0.324 e. The van der Waals surface area contributed by atoms with Crippen LogP contribution in [0.15, 0.2) is 59.5 Å². The van der Waals surface area contributed by atoms with E-state index in [0.29, 0.717) is 14.9 Å². The average molecular weight is 383 g/mol. The number of anilines is 1. The van der Waals surface area contributed by atoms with Crippen LogP contribution in [0.2, 0.25) is 0 Å². The van der Waals surface area contributed by atoms with E-state index in [4.69, 9.17) is 12.2 Å². The molecule has 132 valence electrons. The van der Waals surface area contributed by atoms with Gasteiger partial charge in [-0.25, -0.2) is 0 Å². The number of aryl methyl sites for hydroxylation is 1. The number of amides is 2. The number of hydrogen-bond donors (Lipinski definition) is 1. The van der Waals surface area contributed by atoms with Crippen molar-refractivity contribution < 1.29 is 9.59 Å². The molecular weight excluding hydrogens is 364 g/mol. The molecule has 1 atom stereocenters. The molecule has 4 nitrogen and oxygen atoms in total. The Morgan fingerprint density at radius 3 is 2.62 bits per heavy atom. The van der Waals surface area contributed by atoms with Crippen LogP contribution in [-0.4, -0.2) is 27.1 Å². The van der Waals surface area contributed by atoms with Crippen LogP contribution < -0.4 is 5.32 Å². The van der Waals surface area contributed by atoms with E-state index >= 15 is 0 Å². The minimum Gasteiger partial charge on any atom is -0.324 e.